The zero-order valence-electron chi connectivity index (χ0n) is 9.83. The van der Waals surface area contributed by atoms with Crippen LogP contribution >= 0.6 is 0 Å². The molecule has 6 saturated carbocycles. The highest BCUT2D eigenvalue weighted by Gasteiger charge is 2.51. The minimum absolute atomic E-state index is 1.15. The third-order valence-electron chi connectivity index (χ3n) is 6.44. The molecule has 0 saturated heterocycles. The second kappa shape index (κ2) is 3.25. The Morgan fingerprint density at radius 2 is 1.33 bits per heavy atom. The molecule has 6 aliphatic rings. The fourth-order valence-corrected chi connectivity index (χ4v) is 5.76. The van der Waals surface area contributed by atoms with Gasteiger partial charge in [0, 0.05) is 0 Å². The monoisotopic (exact) mass is 204 g/mol. The molecule has 0 heterocycles. The number of rotatable bonds is 1. The second-order valence-corrected chi connectivity index (χ2v) is 6.94. The molecule has 6 aliphatic carbocycles. The molecule has 84 valence electrons. The second-order valence-electron chi connectivity index (χ2n) is 6.94. The SMILES string of the molecule is C1CC2CC(C1)C2C1CC2CCC1CC2. The van der Waals surface area contributed by atoms with Crippen LogP contribution in [0.25, 0.3) is 0 Å². The highest BCUT2D eigenvalue weighted by molar-refractivity contribution is 5.01. The summed E-state index contributed by atoms with van der Waals surface area (Å²) in [6.07, 6.45) is 14.4. The van der Waals surface area contributed by atoms with Crippen molar-refractivity contribution >= 4 is 0 Å². The lowest BCUT2D eigenvalue weighted by Crippen LogP contribution is -2.49. The molecule has 0 radical (unpaired) electrons. The molecule has 15 heavy (non-hydrogen) atoms. The Labute approximate surface area is 93.8 Å². The highest BCUT2D eigenvalue weighted by Crippen LogP contribution is 2.60. The molecule has 6 fully saturated rings. The quantitative estimate of drug-likeness (QED) is 0.599. The van der Waals surface area contributed by atoms with Crippen molar-refractivity contribution in [1.29, 1.82) is 0 Å². The van der Waals surface area contributed by atoms with E-state index >= 15 is 0 Å². The van der Waals surface area contributed by atoms with Gasteiger partial charge < -0.3 is 0 Å². The van der Waals surface area contributed by atoms with Crippen molar-refractivity contribution in [3.05, 3.63) is 0 Å². The fraction of sp³-hybridized carbons (Fsp3) is 1.00. The number of hydrogen-bond acceptors (Lipinski definition) is 0. The maximum absolute atomic E-state index is 1.64. The molecule has 0 aromatic carbocycles. The predicted molar refractivity (Wildman–Crippen MR) is 62.5 cm³/mol. The van der Waals surface area contributed by atoms with Crippen LogP contribution in [-0.4, -0.2) is 0 Å². The molecule has 6 rings (SSSR count). The lowest BCUT2D eigenvalue weighted by molar-refractivity contribution is -0.0827. The van der Waals surface area contributed by atoms with Crippen LogP contribution in [0.3, 0.4) is 0 Å². The molecule has 0 aromatic rings. The van der Waals surface area contributed by atoms with E-state index in [1.54, 1.807) is 57.8 Å². The smallest absolute Gasteiger partial charge is 0.0326 e. The lowest BCUT2D eigenvalue weighted by Gasteiger charge is -2.58. The first-order chi connectivity index (χ1) is 7.42. The standard InChI is InChI=1S/C15H24/c1-2-12-9-13(3-1)15(12)14-8-10-4-6-11(14)7-5-10/h10-15H,1-9H2. The van der Waals surface area contributed by atoms with Gasteiger partial charge in [-0.2, -0.15) is 0 Å². The normalized spacial score (nSPS) is 57.6. The molecule has 0 amide bonds. The van der Waals surface area contributed by atoms with Crippen molar-refractivity contribution in [3.8, 4) is 0 Å². The van der Waals surface area contributed by atoms with Crippen molar-refractivity contribution in [2.45, 2.75) is 57.8 Å². The zero-order chi connectivity index (χ0) is 9.83. The first-order valence-electron chi connectivity index (χ1n) is 7.42. The summed E-state index contributed by atoms with van der Waals surface area (Å²) < 4.78 is 0. The molecule has 3 atom stereocenters. The van der Waals surface area contributed by atoms with Gasteiger partial charge in [0.05, 0.1) is 0 Å². The Morgan fingerprint density at radius 1 is 0.600 bits per heavy atom. The van der Waals surface area contributed by atoms with Gasteiger partial charge in [0.25, 0.3) is 0 Å². The van der Waals surface area contributed by atoms with Crippen LogP contribution in [0.4, 0.5) is 0 Å². The van der Waals surface area contributed by atoms with Gasteiger partial charge in [-0.15, -0.1) is 0 Å². The van der Waals surface area contributed by atoms with Crippen LogP contribution in [-0.2, 0) is 0 Å². The van der Waals surface area contributed by atoms with Gasteiger partial charge in [0.15, 0.2) is 0 Å². The molecule has 4 bridgehead atoms. The maximum Gasteiger partial charge on any atom is -0.0326 e. The summed E-state index contributed by atoms with van der Waals surface area (Å²) in [7, 11) is 0. The number of hydrogen-bond donors (Lipinski definition) is 0. The summed E-state index contributed by atoms with van der Waals surface area (Å²) in [5, 5.41) is 0. The summed E-state index contributed by atoms with van der Waals surface area (Å²) in [6.45, 7) is 0. The first kappa shape index (κ1) is 9.07. The Kier molecular flexibility index (Phi) is 1.96. The number of fused-ring (bicyclic) bond motifs is 6. The van der Waals surface area contributed by atoms with E-state index < -0.39 is 0 Å². The van der Waals surface area contributed by atoms with E-state index in [4.69, 9.17) is 0 Å². The Hall–Kier alpha value is 0. The van der Waals surface area contributed by atoms with Crippen LogP contribution in [0.15, 0.2) is 0 Å². The fourth-order valence-electron chi connectivity index (χ4n) is 5.76. The minimum atomic E-state index is 1.15. The molecule has 0 aliphatic heterocycles. The molecule has 3 unspecified atom stereocenters. The summed E-state index contributed by atoms with van der Waals surface area (Å²) in [6, 6.07) is 0. The first-order valence-corrected chi connectivity index (χ1v) is 7.42. The third-order valence-corrected chi connectivity index (χ3v) is 6.44. The summed E-state index contributed by atoms with van der Waals surface area (Å²) in [4.78, 5) is 0. The van der Waals surface area contributed by atoms with Crippen molar-refractivity contribution in [1.82, 2.24) is 0 Å². The maximum atomic E-state index is 1.64. The average Bonchev–Trinajstić information content (AvgIpc) is 2.31. The van der Waals surface area contributed by atoms with E-state index in [1.165, 1.54) is 29.6 Å². The molecule has 0 N–H and O–H groups in total. The van der Waals surface area contributed by atoms with Crippen LogP contribution < -0.4 is 0 Å². The van der Waals surface area contributed by atoms with Gasteiger partial charge in [-0.05, 0) is 61.2 Å². The van der Waals surface area contributed by atoms with Gasteiger partial charge in [-0.3, -0.25) is 0 Å². The molecule has 0 aromatic heterocycles. The van der Waals surface area contributed by atoms with Gasteiger partial charge in [0.2, 0.25) is 0 Å². The van der Waals surface area contributed by atoms with Crippen molar-refractivity contribution in [2.24, 2.45) is 35.5 Å². The van der Waals surface area contributed by atoms with Gasteiger partial charge in [-0.1, -0.05) is 32.1 Å². The van der Waals surface area contributed by atoms with Crippen molar-refractivity contribution < 1.29 is 0 Å². The van der Waals surface area contributed by atoms with E-state index in [-0.39, 0.29) is 0 Å². The Morgan fingerprint density at radius 3 is 1.87 bits per heavy atom. The summed E-state index contributed by atoms with van der Waals surface area (Å²) in [5.41, 5.74) is 0. The predicted octanol–water partition coefficient (Wildman–Crippen LogP) is 4.25. The summed E-state index contributed by atoms with van der Waals surface area (Å²) >= 11 is 0. The average molecular weight is 204 g/mol. The third kappa shape index (κ3) is 1.26. The van der Waals surface area contributed by atoms with E-state index in [2.05, 4.69) is 0 Å². The molecule has 0 heteroatoms. The zero-order valence-corrected chi connectivity index (χ0v) is 9.83. The van der Waals surface area contributed by atoms with Gasteiger partial charge >= 0.3 is 0 Å². The van der Waals surface area contributed by atoms with Crippen molar-refractivity contribution in [3.63, 3.8) is 0 Å². The molecular formula is C15H24. The largest absolute Gasteiger partial charge is 0.0528 e. The Bertz CT molecular complexity index is 235. The minimum Gasteiger partial charge on any atom is -0.0528 e. The van der Waals surface area contributed by atoms with E-state index in [0.717, 1.165) is 5.92 Å². The topological polar surface area (TPSA) is 0 Å². The van der Waals surface area contributed by atoms with Crippen LogP contribution in [0, 0.1) is 35.5 Å². The van der Waals surface area contributed by atoms with E-state index in [0.29, 0.717) is 0 Å². The van der Waals surface area contributed by atoms with Gasteiger partial charge in [-0.25, -0.2) is 0 Å². The molecule has 0 spiro atoms. The van der Waals surface area contributed by atoms with Crippen LogP contribution in [0.2, 0.25) is 0 Å². The van der Waals surface area contributed by atoms with Crippen LogP contribution in [0.5, 0.6) is 0 Å². The van der Waals surface area contributed by atoms with E-state index in [9.17, 15) is 0 Å². The highest BCUT2D eigenvalue weighted by atomic mass is 14.6. The lowest BCUT2D eigenvalue weighted by atomic mass is 9.47. The molecule has 0 nitrogen and oxygen atoms in total. The van der Waals surface area contributed by atoms with Gasteiger partial charge in [0.1, 0.15) is 0 Å². The molecular weight excluding hydrogens is 180 g/mol. The van der Waals surface area contributed by atoms with Crippen molar-refractivity contribution in [2.75, 3.05) is 0 Å². The van der Waals surface area contributed by atoms with E-state index in [1.807, 2.05) is 0 Å². The van der Waals surface area contributed by atoms with Crippen LogP contribution in [0.1, 0.15) is 57.8 Å². The summed E-state index contributed by atoms with van der Waals surface area (Å²) in [5.74, 6) is 7.11. The Balaban J connectivity index is 1.53.